The minimum Gasteiger partial charge on any atom is -0.318 e. The van der Waals surface area contributed by atoms with Gasteiger partial charge in [-0.1, -0.05) is 6.07 Å². The molecule has 66 valence electrons. The minimum absolute atomic E-state index is 0.0158. The summed E-state index contributed by atoms with van der Waals surface area (Å²) in [6.07, 6.45) is -4.48. The van der Waals surface area contributed by atoms with Crippen molar-refractivity contribution >= 4 is 0 Å². The number of alkyl halides is 3. The molecule has 5 heteroatoms. The summed E-state index contributed by atoms with van der Waals surface area (Å²) in [5.41, 5.74) is -1.70. The Morgan fingerprint density at radius 1 is 1.33 bits per heavy atom. The molecule has 1 aromatic rings. The first-order chi connectivity index (χ1) is 5.41. The van der Waals surface area contributed by atoms with Gasteiger partial charge in [0.2, 0.25) is 5.56 Å². The van der Waals surface area contributed by atoms with Gasteiger partial charge >= 0.3 is 6.18 Å². The maximum Gasteiger partial charge on any atom is 0.431 e. The molecule has 1 N–H and O–H groups in total. The van der Waals surface area contributed by atoms with Crippen molar-refractivity contribution in [3.63, 3.8) is 0 Å². The molecule has 0 saturated carbocycles. The van der Waals surface area contributed by atoms with Gasteiger partial charge in [-0.15, -0.1) is 0 Å². The first kappa shape index (κ1) is 8.83. The van der Waals surface area contributed by atoms with E-state index in [0.29, 0.717) is 0 Å². The van der Waals surface area contributed by atoms with Crippen LogP contribution < -0.4 is 5.56 Å². The zero-order valence-corrected chi connectivity index (χ0v) is 6.20. The van der Waals surface area contributed by atoms with Crippen molar-refractivity contribution in [3.05, 3.63) is 33.7 Å². The summed E-state index contributed by atoms with van der Waals surface area (Å²) in [7, 11) is 0. The molecule has 0 radical (unpaired) electrons. The van der Waals surface area contributed by atoms with Gasteiger partial charge in [-0.3, -0.25) is 4.79 Å². The number of aromatic nitrogens is 1. The minimum atomic E-state index is -4.48. The van der Waals surface area contributed by atoms with Crippen LogP contribution in [0.5, 0.6) is 0 Å². The van der Waals surface area contributed by atoms with Crippen LogP contribution in [0.25, 0.3) is 0 Å². The van der Waals surface area contributed by atoms with Crippen LogP contribution in [0.4, 0.5) is 13.2 Å². The van der Waals surface area contributed by atoms with Crippen molar-refractivity contribution in [1.29, 1.82) is 0 Å². The topological polar surface area (TPSA) is 32.9 Å². The van der Waals surface area contributed by atoms with Crippen molar-refractivity contribution in [1.82, 2.24) is 4.98 Å². The Kier molecular flexibility index (Phi) is 1.95. The SMILES string of the molecule is Cc1ccc(=O)[nH]c1C(F)(F)F. The third-order valence-electron chi connectivity index (χ3n) is 1.41. The lowest BCUT2D eigenvalue weighted by atomic mass is 10.2. The predicted octanol–water partition coefficient (Wildman–Crippen LogP) is 1.70. The number of aryl methyl sites for hydroxylation is 1. The predicted molar refractivity (Wildman–Crippen MR) is 36.8 cm³/mol. The Labute approximate surface area is 66.0 Å². The third-order valence-corrected chi connectivity index (χ3v) is 1.41. The van der Waals surface area contributed by atoms with Crippen molar-refractivity contribution < 1.29 is 13.2 Å². The van der Waals surface area contributed by atoms with Gasteiger partial charge in [0.15, 0.2) is 0 Å². The molecule has 0 aromatic carbocycles. The molecule has 0 atom stereocenters. The first-order valence-corrected chi connectivity index (χ1v) is 3.18. The summed E-state index contributed by atoms with van der Waals surface area (Å²) in [5.74, 6) is 0. The van der Waals surface area contributed by atoms with E-state index in [4.69, 9.17) is 0 Å². The van der Waals surface area contributed by atoms with Crippen LogP contribution in [0.2, 0.25) is 0 Å². The highest BCUT2D eigenvalue weighted by Crippen LogP contribution is 2.28. The van der Waals surface area contributed by atoms with Gasteiger partial charge in [0, 0.05) is 6.07 Å². The van der Waals surface area contributed by atoms with Crippen LogP contribution in [-0.2, 0) is 6.18 Å². The summed E-state index contributed by atoms with van der Waals surface area (Å²) in [5, 5.41) is 0. The van der Waals surface area contributed by atoms with Crippen molar-refractivity contribution in [3.8, 4) is 0 Å². The average molecular weight is 177 g/mol. The number of hydrogen-bond acceptors (Lipinski definition) is 1. The van der Waals surface area contributed by atoms with E-state index in [-0.39, 0.29) is 5.56 Å². The standard InChI is InChI=1S/C7H6F3NO/c1-4-2-3-5(12)11-6(4)7(8,9)10/h2-3H,1H3,(H,11,12). The number of aromatic amines is 1. The van der Waals surface area contributed by atoms with Crippen LogP contribution >= 0.6 is 0 Å². The lowest BCUT2D eigenvalue weighted by Crippen LogP contribution is -2.17. The lowest BCUT2D eigenvalue weighted by molar-refractivity contribution is -0.141. The molecular weight excluding hydrogens is 171 g/mol. The first-order valence-electron chi connectivity index (χ1n) is 3.18. The fraction of sp³-hybridized carbons (Fsp3) is 0.286. The van der Waals surface area contributed by atoms with Crippen LogP contribution in [0.15, 0.2) is 16.9 Å². The van der Waals surface area contributed by atoms with E-state index < -0.39 is 17.4 Å². The van der Waals surface area contributed by atoms with Crippen LogP contribution in [0, 0.1) is 6.92 Å². The van der Waals surface area contributed by atoms with E-state index in [2.05, 4.69) is 0 Å². The molecule has 0 aliphatic rings. The molecule has 1 rings (SSSR count). The monoisotopic (exact) mass is 177 g/mol. The summed E-state index contributed by atoms with van der Waals surface area (Å²) < 4.78 is 36.2. The largest absolute Gasteiger partial charge is 0.431 e. The van der Waals surface area contributed by atoms with Gasteiger partial charge in [0.1, 0.15) is 5.69 Å². The molecule has 0 spiro atoms. The molecule has 0 fully saturated rings. The Morgan fingerprint density at radius 2 is 1.92 bits per heavy atom. The fourth-order valence-electron chi connectivity index (χ4n) is 0.842. The van der Waals surface area contributed by atoms with Gasteiger partial charge in [-0.25, -0.2) is 0 Å². The molecule has 12 heavy (non-hydrogen) atoms. The Morgan fingerprint density at radius 3 is 2.33 bits per heavy atom. The summed E-state index contributed by atoms with van der Waals surface area (Å²) >= 11 is 0. The number of nitrogens with one attached hydrogen (secondary N) is 1. The van der Waals surface area contributed by atoms with Gasteiger partial charge < -0.3 is 4.98 Å². The fourth-order valence-corrected chi connectivity index (χ4v) is 0.842. The molecule has 0 bridgehead atoms. The molecule has 1 heterocycles. The quantitative estimate of drug-likeness (QED) is 0.642. The smallest absolute Gasteiger partial charge is 0.318 e. The number of rotatable bonds is 0. The van der Waals surface area contributed by atoms with E-state index in [0.717, 1.165) is 12.1 Å². The highest BCUT2D eigenvalue weighted by molar-refractivity contribution is 5.20. The zero-order chi connectivity index (χ0) is 9.35. The molecule has 0 unspecified atom stereocenters. The number of H-pyrrole nitrogens is 1. The van der Waals surface area contributed by atoms with E-state index in [1.807, 2.05) is 0 Å². The Hall–Kier alpha value is -1.26. The summed E-state index contributed by atoms with van der Waals surface area (Å²) in [6, 6.07) is 2.20. The maximum atomic E-state index is 12.1. The summed E-state index contributed by atoms with van der Waals surface area (Å²) in [4.78, 5) is 12.3. The van der Waals surface area contributed by atoms with Gasteiger partial charge in [0.25, 0.3) is 0 Å². The van der Waals surface area contributed by atoms with Gasteiger partial charge in [0.05, 0.1) is 0 Å². The second kappa shape index (κ2) is 2.66. The lowest BCUT2D eigenvalue weighted by Gasteiger charge is -2.07. The normalized spacial score (nSPS) is 11.7. The van der Waals surface area contributed by atoms with Crippen LogP contribution in [0.3, 0.4) is 0 Å². The Balaban J connectivity index is 3.33. The molecule has 0 saturated heterocycles. The van der Waals surface area contributed by atoms with Crippen LogP contribution in [0.1, 0.15) is 11.3 Å². The molecule has 0 aliphatic carbocycles. The summed E-state index contributed by atoms with van der Waals surface area (Å²) in [6.45, 7) is 1.29. The van der Waals surface area contributed by atoms with E-state index in [1.54, 1.807) is 4.98 Å². The number of hydrogen-bond donors (Lipinski definition) is 1. The zero-order valence-electron chi connectivity index (χ0n) is 6.20. The second-order valence-corrected chi connectivity index (χ2v) is 2.38. The number of pyridine rings is 1. The van der Waals surface area contributed by atoms with Crippen molar-refractivity contribution in [2.75, 3.05) is 0 Å². The number of halogens is 3. The van der Waals surface area contributed by atoms with Gasteiger partial charge in [-0.05, 0) is 12.5 Å². The molecule has 0 aliphatic heterocycles. The van der Waals surface area contributed by atoms with E-state index in [9.17, 15) is 18.0 Å². The van der Waals surface area contributed by atoms with Crippen LogP contribution in [-0.4, -0.2) is 4.98 Å². The van der Waals surface area contributed by atoms with E-state index in [1.165, 1.54) is 6.92 Å². The highest BCUT2D eigenvalue weighted by Gasteiger charge is 2.33. The van der Waals surface area contributed by atoms with Crippen molar-refractivity contribution in [2.24, 2.45) is 0 Å². The molecule has 2 nitrogen and oxygen atoms in total. The van der Waals surface area contributed by atoms with E-state index >= 15 is 0 Å². The maximum absolute atomic E-state index is 12.1. The third kappa shape index (κ3) is 1.66. The highest BCUT2D eigenvalue weighted by atomic mass is 19.4. The van der Waals surface area contributed by atoms with Gasteiger partial charge in [-0.2, -0.15) is 13.2 Å². The second-order valence-electron chi connectivity index (χ2n) is 2.38. The van der Waals surface area contributed by atoms with Crippen molar-refractivity contribution in [2.45, 2.75) is 13.1 Å². The molecule has 0 amide bonds. The average Bonchev–Trinajstić information content (AvgIpc) is 1.92. The molecular formula is C7H6F3NO. The Bertz CT molecular complexity index is 339. The molecule has 1 aromatic heterocycles.